The van der Waals surface area contributed by atoms with E-state index >= 15 is 0 Å². The van der Waals surface area contributed by atoms with Crippen LogP contribution >= 0.6 is 0 Å². The third kappa shape index (κ3) is 2.52. The summed E-state index contributed by atoms with van der Waals surface area (Å²) in [5.41, 5.74) is 0. The van der Waals surface area contributed by atoms with E-state index in [9.17, 15) is 40.5 Å². The minimum Gasteiger partial charge on any atom is -0.235 e. The molecule has 0 saturated carbocycles. The van der Waals surface area contributed by atoms with E-state index in [2.05, 4.69) is 0 Å². The van der Waals surface area contributed by atoms with Crippen LogP contribution in [0.3, 0.4) is 0 Å². The van der Waals surface area contributed by atoms with Gasteiger partial charge in [0.25, 0.3) is 0 Å². The Kier molecular flexibility index (Phi) is 3.66. The van der Waals surface area contributed by atoms with Gasteiger partial charge < -0.3 is 0 Å². The molecule has 2 saturated heterocycles. The lowest BCUT2D eigenvalue weighted by molar-refractivity contribution is -0.763. The van der Waals surface area contributed by atoms with Crippen molar-refractivity contribution in [3.8, 4) is 0 Å². The molecule has 122 valence electrons. The Balaban J connectivity index is 2.36. The van der Waals surface area contributed by atoms with E-state index in [0.717, 1.165) is 0 Å². The lowest BCUT2D eigenvalue weighted by Crippen LogP contribution is -2.73. The summed E-state index contributed by atoms with van der Waals surface area (Å²) in [5, 5.41) is 41.8. The lowest BCUT2D eigenvalue weighted by atomic mass is 10.0. The van der Waals surface area contributed by atoms with Gasteiger partial charge in [-0.15, -0.1) is 10.0 Å². The van der Waals surface area contributed by atoms with Crippen LogP contribution in [0, 0.1) is 40.5 Å². The van der Waals surface area contributed by atoms with E-state index in [1.165, 1.54) is 0 Å². The second kappa shape index (κ2) is 5.30. The molecule has 2 rings (SSSR count). The van der Waals surface area contributed by atoms with Gasteiger partial charge in [0, 0.05) is 0 Å². The molecule has 2 unspecified atom stereocenters. The predicted octanol–water partition coefficient (Wildman–Crippen LogP) is -2.36. The minimum atomic E-state index is -1.23. The third-order valence-electron chi connectivity index (χ3n) is 3.50. The highest BCUT2D eigenvalue weighted by atomic mass is 16.7. The summed E-state index contributed by atoms with van der Waals surface area (Å²) < 4.78 is 0. The number of nitro groups is 4. The van der Waals surface area contributed by atoms with Crippen LogP contribution in [0.2, 0.25) is 0 Å². The van der Waals surface area contributed by atoms with Crippen LogP contribution in [0.1, 0.15) is 0 Å². The maximum Gasteiger partial charge on any atom is 0.208 e. The van der Waals surface area contributed by atoms with Gasteiger partial charge in [0.05, 0.1) is 0 Å². The van der Waals surface area contributed by atoms with Gasteiger partial charge in [-0.3, -0.25) is 0 Å². The van der Waals surface area contributed by atoms with Gasteiger partial charge in [-0.05, 0) is 0 Å². The van der Waals surface area contributed by atoms with Gasteiger partial charge in [-0.1, -0.05) is 10.0 Å². The summed E-state index contributed by atoms with van der Waals surface area (Å²) in [5.74, 6) is 0. The van der Waals surface area contributed by atoms with Gasteiger partial charge in [0.1, 0.15) is 25.2 Å². The number of hydrogen-bond donors (Lipinski definition) is 0. The Morgan fingerprint density at radius 1 is 0.636 bits per heavy atom. The summed E-state index contributed by atoms with van der Waals surface area (Å²) in [6, 6.07) is -2.45. The van der Waals surface area contributed by atoms with Crippen LogP contribution in [0.25, 0.3) is 0 Å². The van der Waals surface area contributed by atoms with Crippen molar-refractivity contribution >= 4 is 0 Å². The molecule has 0 aliphatic carbocycles. The molecule has 0 aromatic heterocycles. The van der Waals surface area contributed by atoms with E-state index in [1.807, 2.05) is 0 Å². The fraction of sp³-hybridized carbons (Fsp3) is 1.00. The first-order valence-corrected chi connectivity index (χ1v) is 5.82. The Morgan fingerprint density at radius 3 is 1.18 bits per heavy atom. The van der Waals surface area contributed by atoms with Gasteiger partial charge in [-0.2, -0.15) is 0 Å². The molecule has 2 aliphatic rings. The normalized spacial score (nSPS) is 24.7. The van der Waals surface area contributed by atoms with Crippen molar-refractivity contribution in [2.45, 2.75) is 12.1 Å². The van der Waals surface area contributed by atoms with Gasteiger partial charge in [-0.25, -0.2) is 40.5 Å². The first kappa shape index (κ1) is 15.2. The molecule has 2 atom stereocenters. The highest BCUT2D eigenvalue weighted by Gasteiger charge is 2.55. The third-order valence-corrected chi connectivity index (χ3v) is 3.50. The molecule has 0 spiro atoms. The fourth-order valence-electron chi connectivity index (χ4n) is 2.50. The quantitative estimate of drug-likeness (QED) is 0.396. The first-order valence-electron chi connectivity index (χ1n) is 5.82. The average molecular weight is 322 g/mol. The van der Waals surface area contributed by atoms with E-state index in [1.54, 1.807) is 0 Å². The smallest absolute Gasteiger partial charge is 0.208 e. The maximum atomic E-state index is 11.0. The summed E-state index contributed by atoms with van der Waals surface area (Å²) in [6.07, 6.45) is 0. The number of fused-ring (bicyclic) bond motifs is 1. The molecule has 16 heteroatoms. The second-order valence-electron chi connectivity index (χ2n) is 4.63. The van der Waals surface area contributed by atoms with Crippen molar-refractivity contribution < 1.29 is 20.1 Å². The van der Waals surface area contributed by atoms with Crippen LogP contribution in [0.4, 0.5) is 0 Å². The molecule has 0 amide bonds. The molecule has 2 fully saturated rings. The second-order valence-corrected chi connectivity index (χ2v) is 4.63. The molecule has 0 aromatic carbocycles. The Bertz CT molecular complexity index is 481. The predicted molar refractivity (Wildman–Crippen MR) is 62.4 cm³/mol. The van der Waals surface area contributed by atoms with Crippen LogP contribution in [0.5, 0.6) is 0 Å². The van der Waals surface area contributed by atoms with Crippen LogP contribution < -0.4 is 0 Å². The molecule has 0 radical (unpaired) electrons. The molecule has 0 bridgehead atoms. The van der Waals surface area contributed by atoms with E-state index in [-0.39, 0.29) is 0 Å². The maximum absolute atomic E-state index is 11.0. The Hall–Kier alpha value is -3.20. The molecular formula is C6H10N8O8. The van der Waals surface area contributed by atoms with Crippen molar-refractivity contribution in [3.05, 3.63) is 40.5 Å². The van der Waals surface area contributed by atoms with E-state index in [0.29, 0.717) is 20.0 Å². The largest absolute Gasteiger partial charge is 0.235 e. The molecule has 0 aromatic rings. The summed E-state index contributed by atoms with van der Waals surface area (Å²) >= 11 is 0. The number of hydrazine groups is 4. The van der Waals surface area contributed by atoms with Crippen LogP contribution in [-0.2, 0) is 0 Å². The van der Waals surface area contributed by atoms with Crippen molar-refractivity contribution in [1.82, 2.24) is 20.0 Å². The van der Waals surface area contributed by atoms with Crippen molar-refractivity contribution in [3.63, 3.8) is 0 Å². The van der Waals surface area contributed by atoms with Crippen LogP contribution in [0.15, 0.2) is 0 Å². The van der Waals surface area contributed by atoms with Gasteiger partial charge in [0.15, 0.2) is 20.1 Å². The monoisotopic (exact) mass is 322 g/mol. The topological polar surface area (TPSA) is 186 Å². The number of hydrogen-bond acceptors (Lipinski definition) is 8. The Labute approximate surface area is 120 Å². The minimum absolute atomic E-state index is 0.406. The SMILES string of the molecule is O=[N+]([O-])N1CC2C(CN([N+](=O)[O-])CN2[N+](=O)[O-])N([N+](=O)[O-])C1. The summed E-state index contributed by atoms with van der Waals surface area (Å²) in [6.45, 7) is -2.35. The summed E-state index contributed by atoms with van der Waals surface area (Å²) in [4.78, 5) is 43.7. The van der Waals surface area contributed by atoms with Crippen molar-refractivity contribution in [2.75, 3.05) is 26.4 Å². The molecule has 2 heterocycles. The standard InChI is InChI=1S/C6H10N8O8/c15-11(16)7-1-5-6(10(3-7)14(21)22)2-8(12(17)18)4-9(5)13(19)20/h5-6H,1-4H2. The molecule has 22 heavy (non-hydrogen) atoms. The zero-order valence-corrected chi connectivity index (χ0v) is 10.8. The Morgan fingerprint density at radius 2 is 0.955 bits per heavy atom. The molecular weight excluding hydrogens is 312 g/mol. The van der Waals surface area contributed by atoms with Gasteiger partial charge >= 0.3 is 0 Å². The van der Waals surface area contributed by atoms with Crippen LogP contribution in [-0.4, -0.2) is 78.7 Å². The fourth-order valence-corrected chi connectivity index (χ4v) is 2.50. The molecule has 0 N–H and O–H groups in total. The molecule has 16 nitrogen and oxygen atoms in total. The average Bonchev–Trinajstić information content (AvgIpc) is 2.44. The lowest BCUT2D eigenvalue weighted by Gasteiger charge is -2.42. The van der Waals surface area contributed by atoms with E-state index < -0.39 is 58.6 Å². The van der Waals surface area contributed by atoms with Crippen molar-refractivity contribution in [1.29, 1.82) is 0 Å². The van der Waals surface area contributed by atoms with E-state index in [4.69, 9.17) is 0 Å². The first-order chi connectivity index (χ1) is 10.2. The summed E-state index contributed by atoms with van der Waals surface area (Å²) in [7, 11) is 0. The molecule has 2 aliphatic heterocycles. The number of nitrogens with zero attached hydrogens (tertiary/aromatic N) is 8. The number of rotatable bonds is 4. The van der Waals surface area contributed by atoms with Crippen molar-refractivity contribution in [2.24, 2.45) is 0 Å². The highest BCUT2D eigenvalue weighted by Crippen LogP contribution is 2.24. The zero-order valence-electron chi connectivity index (χ0n) is 10.8. The highest BCUT2D eigenvalue weighted by molar-refractivity contribution is 4.90. The van der Waals surface area contributed by atoms with Gasteiger partial charge in [0.2, 0.25) is 13.3 Å². The zero-order chi connectivity index (χ0) is 16.6.